The Morgan fingerprint density at radius 2 is 2.19 bits per heavy atom. The van der Waals surface area contributed by atoms with Gasteiger partial charge in [0.25, 0.3) is 0 Å². The number of nitrogens with one attached hydrogen (secondary N) is 1. The number of sulfonamides is 1. The van der Waals surface area contributed by atoms with Gasteiger partial charge in [0.15, 0.2) is 0 Å². The van der Waals surface area contributed by atoms with Crippen LogP contribution in [0.15, 0.2) is 23.1 Å². The predicted octanol–water partition coefficient (Wildman–Crippen LogP) is 1.97. The molecule has 7 heteroatoms. The van der Waals surface area contributed by atoms with Gasteiger partial charge in [-0.25, -0.2) is 13.1 Å². The molecule has 0 aliphatic heterocycles. The van der Waals surface area contributed by atoms with E-state index in [0.29, 0.717) is 18.2 Å². The SMILES string of the molecule is CC(CNS(=O)(=O)c1ccc(C#N)cc1Cl)N(C)C1CC1. The highest BCUT2D eigenvalue weighted by Gasteiger charge is 2.29. The fourth-order valence-electron chi connectivity index (χ4n) is 2.08. The molecule has 1 atom stereocenters. The highest BCUT2D eigenvalue weighted by molar-refractivity contribution is 7.89. The van der Waals surface area contributed by atoms with Crippen molar-refractivity contribution in [2.45, 2.75) is 36.7 Å². The van der Waals surface area contributed by atoms with Crippen LogP contribution in [0, 0.1) is 11.3 Å². The van der Waals surface area contributed by atoms with E-state index >= 15 is 0 Å². The molecule has 0 saturated heterocycles. The first kappa shape index (κ1) is 16.2. The topological polar surface area (TPSA) is 73.2 Å². The Morgan fingerprint density at radius 3 is 2.71 bits per heavy atom. The Balaban J connectivity index is 2.06. The minimum absolute atomic E-state index is 0.00411. The summed E-state index contributed by atoms with van der Waals surface area (Å²) in [5.41, 5.74) is 0.334. The summed E-state index contributed by atoms with van der Waals surface area (Å²) in [6.07, 6.45) is 2.35. The maximum atomic E-state index is 12.3. The van der Waals surface area contributed by atoms with Crippen LogP contribution < -0.4 is 4.72 Å². The van der Waals surface area contributed by atoms with Crippen LogP contribution in [0.2, 0.25) is 5.02 Å². The molecule has 0 aromatic heterocycles. The highest BCUT2D eigenvalue weighted by Crippen LogP contribution is 2.27. The molecule has 1 aliphatic carbocycles. The molecule has 1 saturated carbocycles. The standard InChI is InChI=1S/C14H18ClN3O2S/c1-10(18(2)12-4-5-12)9-17-21(19,20)14-6-3-11(8-16)7-13(14)15/h3,6-7,10,12,17H,4-5,9H2,1-2H3. The van der Waals surface area contributed by atoms with Gasteiger partial charge in [0, 0.05) is 18.6 Å². The van der Waals surface area contributed by atoms with E-state index in [1.54, 1.807) is 0 Å². The number of nitriles is 1. The fraction of sp³-hybridized carbons (Fsp3) is 0.500. The van der Waals surface area contributed by atoms with Gasteiger partial charge in [0.1, 0.15) is 4.90 Å². The van der Waals surface area contributed by atoms with Gasteiger partial charge in [0.2, 0.25) is 10.0 Å². The van der Waals surface area contributed by atoms with Gasteiger partial charge in [-0.05, 0) is 45.0 Å². The molecule has 21 heavy (non-hydrogen) atoms. The summed E-state index contributed by atoms with van der Waals surface area (Å²) in [6, 6.07) is 6.77. The van der Waals surface area contributed by atoms with E-state index in [1.807, 2.05) is 20.0 Å². The number of likely N-dealkylation sites (N-methyl/N-ethyl adjacent to an activating group) is 1. The monoisotopic (exact) mass is 327 g/mol. The second-order valence-electron chi connectivity index (χ2n) is 5.35. The Labute approximate surface area is 130 Å². The molecule has 1 N–H and O–H groups in total. The van der Waals surface area contributed by atoms with Crippen LogP contribution in [0.1, 0.15) is 25.3 Å². The Bertz CT molecular complexity index is 665. The molecule has 5 nitrogen and oxygen atoms in total. The molecule has 114 valence electrons. The molecule has 0 spiro atoms. The summed E-state index contributed by atoms with van der Waals surface area (Å²) < 4.78 is 27.1. The number of rotatable bonds is 6. The third-order valence-electron chi connectivity index (χ3n) is 3.74. The lowest BCUT2D eigenvalue weighted by molar-refractivity contribution is 0.248. The first-order valence-electron chi connectivity index (χ1n) is 6.76. The van der Waals surface area contributed by atoms with E-state index in [1.165, 1.54) is 31.0 Å². The van der Waals surface area contributed by atoms with E-state index in [9.17, 15) is 8.42 Å². The lowest BCUT2D eigenvalue weighted by Crippen LogP contribution is -2.41. The number of benzene rings is 1. The van der Waals surface area contributed by atoms with Crippen molar-refractivity contribution in [3.8, 4) is 6.07 Å². The molecule has 0 heterocycles. The quantitative estimate of drug-likeness (QED) is 0.867. The third kappa shape index (κ3) is 3.95. The number of hydrogen-bond acceptors (Lipinski definition) is 4. The van der Waals surface area contributed by atoms with Crippen LogP contribution in [0.5, 0.6) is 0 Å². The third-order valence-corrected chi connectivity index (χ3v) is 5.64. The van der Waals surface area contributed by atoms with Crippen molar-refractivity contribution >= 4 is 21.6 Å². The van der Waals surface area contributed by atoms with Crippen LogP contribution in [0.3, 0.4) is 0 Å². The zero-order valence-corrected chi connectivity index (χ0v) is 13.6. The zero-order chi connectivity index (χ0) is 15.6. The highest BCUT2D eigenvalue weighted by atomic mass is 35.5. The maximum Gasteiger partial charge on any atom is 0.242 e. The van der Waals surface area contributed by atoms with Crippen molar-refractivity contribution in [2.75, 3.05) is 13.6 Å². The molecular formula is C14H18ClN3O2S. The Kier molecular flexibility index (Phi) is 4.89. The molecular weight excluding hydrogens is 310 g/mol. The van der Waals surface area contributed by atoms with Crippen molar-refractivity contribution in [1.29, 1.82) is 5.26 Å². The van der Waals surface area contributed by atoms with Crippen molar-refractivity contribution in [1.82, 2.24) is 9.62 Å². The molecule has 1 aromatic rings. The van der Waals surface area contributed by atoms with E-state index in [0.717, 1.165) is 0 Å². The minimum atomic E-state index is -3.67. The largest absolute Gasteiger partial charge is 0.299 e. The van der Waals surface area contributed by atoms with Gasteiger partial charge in [-0.2, -0.15) is 5.26 Å². The fourth-order valence-corrected chi connectivity index (χ4v) is 3.75. The lowest BCUT2D eigenvalue weighted by atomic mass is 10.2. The Hall–Kier alpha value is -1.13. The number of hydrogen-bond donors (Lipinski definition) is 1. The molecule has 1 aromatic carbocycles. The van der Waals surface area contributed by atoms with Gasteiger partial charge < -0.3 is 0 Å². The van der Waals surface area contributed by atoms with Crippen molar-refractivity contribution in [3.05, 3.63) is 28.8 Å². The van der Waals surface area contributed by atoms with Crippen LogP contribution in [0.25, 0.3) is 0 Å². The number of nitrogens with zero attached hydrogens (tertiary/aromatic N) is 2. The maximum absolute atomic E-state index is 12.3. The average molecular weight is 328 g/mol. The first-order chi connectivity index (χ1) is 9.85. The molecule has 2 rings (SSSR count). The second kappa shape index (κ2) is 6.32. The van der Waals surface area contributed by atoms with Crippen LogP contribution >= 0.6 is 11.6 Å². The van der Waals surface area contributed by atoms with E-state index in [-0.39, 0.29) is 16.0 Å². The van der Waals surface area contributed by atoms with Crippen molar-refractivity contribution in [2.24, 2.45) is 0 Å². The summed E-state index contributed by atoms with van der Waals surface area (Å²) in [7, 11) is -1.66. The van der Waals surface area contributed by atoms with E-state index in [4.69, 9.17) is 16.9 Å². The molecule has 1 aliphatic rings. The van der Waals surface area contributed by atoms with Gasteiger partial charge in [-0.1, -0.05) is 11.6 Å². The smallest absolute Gasteiger partial charge is 0.242 e. The van der Waals surface area contributed by atoms with Crippen LogP contribution in [-0.2, 0) is 10.0 Å². The van der Waals surface area contributed by atoms with Crippen molar-refractivity contribution in [3.63, 3.8) is 0 Å². The van der Waals surface area contributed by atoms with Gasteiger partial charge in [-0.15, -0.1) is 0 Å². The van der Waals surface area contributed by atoms with E-state index in [2.05, 4.69) is 9.62 Å². The minimum Gasteiger partial charge on any atom is -0.299 e. The van der Waals surface area contributed by atoms with Crippen molar-refractivity contribution < 1.29 is 8.42 Å². The van der Waals surface area contributed by atoms with Gasteiger partial charge in [0.05, 0.1) is 16.7 Å². The van der Waals surface area contributed by atoms with Crippen LogP contribution in [-0.4, -0.2) is 39.0 Å². The lowest BCUT2D eigenvalue weighted by Gasteiger charge is -2.24. The first-order valence-corrected chi connectivity index (χ1v) is 8.62. The molecule has 1 unspecified atom stereocenters. The molecule has 0 radical (unpaired) electrons. The molecule has 0 bridgehead atoms. The van der Waals surface area contributed by atoms with E-state index < -0.39 is 10.0 Å². The Morgan fingerprint density at radius 1 is 1.52 bits per heavy atom. The summed E-state index contributed by atoms with van der Waals surface area (Å²) in [6.45, 7) is 2.31. The normalized spacial score (nSPS) is 16.7. The summed E-state index contributed by atoms with van der Waals surface area (Å²) in [5.74, 6) is 0. The van der Waals surface area contributed by atoms with Gasteiger partial charge in [-0.3, -0.25) is 4.90 Å². The predicted molar refractivity (Wildman–Crippen MR) is 81.6 cm³/mol. The molecule has 1 fully saturated rings. The molecule has 0 amide bonds. The second-order valence-corrected chi connectivity index (χ2v) is 7.50. The summed E-state index contributed by atoms with van der Waals surface area (Å²) in [4.78, 5) is 2.19. The average Bonchev–Trinajstić information content (AvgIpc) is 3.28. The van der Waals surface area contributed by atoms with Gasteiger partial charge >= 0.3 is 0 Å². The summed E-state index contributed by atoms with van der Waals surface area (Å²) in [5, 5.41) is 8.83. The van der Waals surface area contributed by atoms with Crippen LogP contribution in [0.4, 0.5) is 0 Å². The zero-order valence-electron chi connectivity index (χ0n) is 12.0. The number of halogens is 1. The summed E-state index contributed by atoms with van der Waals surface area (Å²) >= 11 is 5.95.